The normalized spacial score (nSPS) is 30.4. The second-order valence-electron chi connectivity index (χ2n) is 11.1. The number of aromatic nitrogens is 2. The van der Waals surface area contributed by atoms with Crippen molar-refractivity contribution in [2.45, 2.75) is 63.5 Å². The number of rotatable bonds is 5. The lowest BCUT2D eigenvalue weighted by Crippen LogP contribution is -2.45. The molecule has 5 rings (SSSR count). The van der Waals surface area contributed by atoms with Gasteiger partial charge in [-0.3, -0.25) is 9.59 Å². The maximum Gasteiger partial charge on any atom is 0.241 e. The molecule has 2 amide bonds. The van der Waals surface area contributed by atoms with Gasteiger partial charge in [0.05, 0.1) is 40.4 Å². The second-order valence-corrected chi connectivity index (χ2v) is 16.4. The maximum atomic E-state index is 13.8. The average molecular weight is 497 g/mol. The summed E-state index contributed by atoms with van der Waals surface area (Å²) in [5.74, 6) is -1.84. The molecule has 1 aromatic heterocycles. The Morgan fingerprint density at radius 2 is 1.85 bits per heavy atom. The number of benzene rings is 1. The van der Waals surface area contributed by atoms with E-state index in [1.807, 2.05) is 19.1 Å². The molecule has 1 aromatic carbocycles. The number of ether oxygens (including phenoxy) is 1. The second kappa shape index (κ2) is 7.27. The van der Waals surface area contributed by atoms with Crippen molar-refractivity contribution in [2.24, 2.45) is 11.8 Å². The zero-order valence-electron chi connectivity index (χ0n) is 20.2. The Hall–Kier alpha value is -2.45. The van der Waals surface area contributed by atoms with E-state index in [4.69, 9.17) is 9.16 Å². The third kappa shape index (κ3) is 3.07. The molecule has 2 fully saturated rings. The summed E-state index contributed by atoms with van der Waals surface area (Å²) in [5, 5.41) is 9.46. The van der Waals surface area contributed by atoms with E-state index >= 15 is 0 Å². The molecule has 3 aliphatic heterocycles. The minimum Gasteiger partial charge on any atom is -0.417 e. The van der Waals surface area contributed by atoms with Crippen LogP contribution in [-0.4, -0.2) is 46.7 Å². The molecule has 2 bridgehead atoms. The molecule has 0 unspecified atom stereocenters. The van der Waals surface area contributed by atoms with Crippen LogP contribution in [0.3, 0.4) is 0 Å². The number of hydrogen-bond donors (Lipinski definition) is 0. The van der Waals surface area contributed by atoms with Crippen LogP contribution in [0.15, 0.2) is 24.3 Å². The van der Waals surface area contributed by atoms with Crippen LogP contribution in [0.25, 0.3) is 11.0 Å². The molecular formula is C24H28N4O4SSi. The van der Waals surface area contributed by atoms with Gasteiger partial charge in [0, 0.05) is 13.0 Å². The number of amides is 2. The summed E-state index contributed by atoms with van der Waals surface area (Å²) in [6.45, 7) is 13.3. The number of fused-ring (bicyclic) bond motifs is 6. The summed E-state index contributed by atoms with van der Waals surface area (Å²) in [5.41, 5.74) is -0.188. The van der Waals surface area contributed by atoms with Crippen LogP contribution in [0.1, 0.15) is 39.7 Å². The van der Waals surface area contributed by atoms with Crippen LogP contribution in [0.4, 0.5) is 5.69 Å². The highest BCUT2D eigenvalue weighted by Gasteiger charge is 2.72. The number of carbonyl (C=O) groups is 2. The van der Waals surface area contributed by atoms with Crippen LogP contribution >= 0.6 is 11.7 Å². The zero-order valence-corrected chi connectivity index (χ0v) is 22.0. The Labute approximate surface area is 204 Å². The largest absolute Gasteiger partial charge is 0.417 e. The number of hydrogen-bond acceptors (Lipinski definition) is 8. The smallest absolute Gasteiger partial charge is 0.241 e. The molecule has 178 valence electrons. The van der Waals surface area contributed by atoms with Gasteiger partial charge in [0.1, 0.15) is 22.7 Å². The van der Waals surface area contributed by atoms with Crippen molar-refractivity contribution in [3.05, 3.63) is 29.8 Å². The minimum atomic E-state index is -1.97. The Kier molecular flexibility index (Phi) is 4.98. The van der Waals surface area contributed by atoms with Crippen molar-refractivity contribution < 1.29 is 18.8 Å². The van der Waals surface area contributed by atoms with Gasteiger partial charge in [-0.05, 0) is 37.2 Å². The molecule has 4 atom stereocenters. The van der Waals surface area contributed by atoms with Crippen molar-refractivity contribution in [3.63, 3.8) is 0 Å². The highest BCUT2D eigenvalue weighted by Crippen LogP contribution is 2.59. The Morgan fingerprint density at radius 1 is 1.18 bits per heavy atom. The molecule has 34 heavy (non-hydrogen) atoms. The number of nitriles is 1. The van der Waals surface area contributed by atoms with Crippen LogP contribution in [-0.2, 0) is 18.8 Å². The summed E-state index contributed by atoms with van der Waals surface area (Å²) in [4.78, 5) is 28.7. The van der Waals surface area contributed by atoms with Gasteiger partial charge in [0.25, 0.3) is 0 Å². The standard InChI is InChI=1S/C24H28N4O4SSi/c1-22(2,3)34(5,6)31-12-11-24-10-9-23(4,32-24)16-17(24)21(30)28(20(16)29)15-8-7-14(13-25)18-19(15)27-33-26-18/h7-10,16-17H,11-12H2,1-6H3/t16-,17+,23-,24-/m1/s1. The van der Waals surface area contributed by atoms with Crippen LogP contribution in [0.2, 0.25) is 18.1 Å². The van der Waals surface area contributed by atoms with Crippen molar-refractivity contribution in [3.8, 4) is 6.07 Å². The minimum absolute atomic E-state index is 0.0717. The number of carbonyl (C=O) groups excluding carboxylic acids is 2. The first-order chi connectivity index (χ1) is 15.9. The summed E-state index contributed by atoms with van der Waals surface area (Å²) < 4.78 is 21.3. The number of anilines is 1. The van der Waals surface area contributed by atoms with Crippen LogP contribution < -0.4 is 4.90 Å². The van der Waals surface area contributed by atoms with Crippen molar-refractivity contribution >= 4 is 48.6 Å². The third-order valence-corrected chi connectivity index (χ3v) is 13.1. The van der Waals surface area contributed by atoms with Gasteiger partial charge >= 0.3 is 0 Å². The summed E-state index contributed by atoms with van der Waals surface area (Å²) in [6.07, 6.45) is 4.38. The third-order valence-electron chi connectivity index (χ3n) is 8.07. The number of nitrogens with zero attached hydrogens (tertiary/aromatic N) is 4. The monoisotopic (exact) mass is 496 g/mol. The van der Waals surface area contributed by atoms with Gasteiger partial charge in [-0.1, -0.05) is 32.9 Å². The van der Waals surface area contributed by atoms with Gasteiger partial charge in [-0.15, -0.1) is 0 Å². The zero-order chi connectivity index (χ0) is 24.7. The Balaban J connectivity index is 1.48. The average Bonchev–Trinajstić information content (AvgIpc) is 3.48. The van der Waals surface area contributed by atoms with E-state index in [0.29, 0.717) is 35.3 Å². The highest BCUT2D eigenvalue weighted by molar-refractivity contribution is 7.00. The van der Waals surface area contributed by atoms with Gasteiger partial charge < -0.3 is 9.16 Å². The van der Waals surface area contributed by atoms with Crippen LogP contribution in [0.5, 0.6) is 0 Å². The van der Waals surface area contributed by atoms with Crippen molar-refractivity contribution in [1.82, 2.24) is 8.75 Å². The molecule has 2 aromatic rings. The fourth-order valence-corrected chi connectivity index (χ4v) is 6.81. The molecule has 8 nitrogen and oxygen atoms in total. The topological polar surface area (TPSA) is 105 Å². The van der Waals surface area contributed by atoms with Gasteiger partial charge in [0.15, 0.2) is 8.32 Å². The van der Waals surface area contributed by atoms with Crippen molar-refractivity contribution in [2.75, 3.05) is 11.5 Å². The van der Waals surface area contributed by atoms with Gasteiger partial charge in [-0.2, -0.15) is 14.0 Å². The first-order valence-electron chi connectivity index (χ1n) is 11.4. The summed E-state index contributed by atoms with van der Waals surface area (Å²) in [6, 6.07) is 5.29. The Morgan fingerprint density at radius 3 is 2.53 bits per heavy atom. The molecule has 0 aliphatic carbocycles. The SMILES string of the molecule is CC(C)(C)[Si](C)(C)OCC[C@@]12C=C[C@@](C)(O1)[C@H]1C(=O)N(c3ccc(C#N)c4nsnc34)C(=O)[C@H]12. The van der Waals surface area contributed by atoms with E-state index in [2.05, 4.69) is 48.7 Å². The summed E-state index contributed by atoms with van der Waals surface area (Å²) >= 11 is 0.956. The van der Waals surface area contributed by atoms with E-state index in [0.717, 1.165) is 11.7 Å². The fourth-order valence-electron chi connectivity index (χ4n) is 5.19. The molecule has 4 heterocycles. The van der Waals surface area contributed by atoms with E-state index in [1.165, 1.54) is 4.90 Å². The first kappa shape index (κ1) is 23.3. The molecule has 0 saturated carbocycles. The predicted molar refractivity (Wildman–Crippen MR) is 131 cm³/mol. The molecule has 0 N–H and O–H groups in total. The summed E-state index contributed by atoms with van der Waals surface area (Å²) in [7, 11) is -1.97. The lowest BCUT2D eigenvalue weighted by molar-refractivity contribution is -0.129. The highest BCUT2D eigenvalue weighted by atomic mass is 32.1. The predicted octanol–water partition coefficient (Wildman–Crippen LogP) is 4.18. The molecular weight excluding hydrogens is 468 g/mol. The fraction of sp³-hybridized carbons (Fsp3) is 0.542. The van der Waals surface area contributed by atoms with E-state index < -0.39 is 31.4 Å². The number of imide groups is 1. The van der Waals surface area contributed by atoms with Crippen LogP contribution in [0, 0.1) is 23.2 Å². The Bertz CT molecular complexity index is 1290. The molecule has 0 spiro atoms. The van der Waals surface area contributed by atoms with Gasteiger partial charge in [-0.25, -0.2) is 4.90 Å². The first-order valence-corrected chi connectivity index (χ1v) is 15.1. The quantitative estimate of drug-likeness (QED) is 0.347. The van der Waals surface area contributed by atoms with E-state index in [1.54, 1.807) is 12.1 Å². The van der Waals surface area contributed by atoms with Gasteiger partial charge in [0.2, 0.25) is 11.8 Å². The van der Waals surface area contributed by atoms with E-state index in [9.17, 15) is 14.9 Å². The van der Waals surface area contributed by atoms with Crippen molar-refractivity contribution in [1.29, 1.82) is 5.26 Å². The molecule has 2 saturated heterocycles. The lowest BCUT2D eigenvalue weighted by Gasteiger charge is -2.37. The van der Waals surface area contributed by atoms with E-state index in [-0.39, 0.29) is 16.9 Å². The molecule has 10 heteroatoms. The molecule has 3 aliphatic rings. The maximum absolute atomic E-state index is 13.8. The molecule has 0 radical (unpaired) electrons. The lowest BCUT2D eigenvalue weighted by atomic mass is 9.71.